The molecule has 1 amide bonds. The molecule has 156 valence electrons. The number of benzene rings is 1. The van der Waals surface area contributed by atoms with Gasteiger partial charge in [0, 0.05) is 32.7 Å². The molecule has 2 aromatic rings. The van der Waals surface area contributed by atoms with E-state index in [4.69, 9.17) is 4.98 Å². The number of nitrogens with one attached hydrogen (secondary N) is 1. The number of para-hydroxylation sites is 1. The first kappa shape index (κ1) is 20.5. The number of fused-ring (bicyclic) bond motifs is 1. The van der Waals surface area contributed by atoms with Crippen LogP contribution in [0.1, 0.15) is 44.0 Å². The fourth-order valence-corrected chi connectivity index (χ4v) is 5.29. The van der Waals surface area contributed by atoms with E-state index < -0.39 is 0 Å². The molecule has 0 saturated carbocycles. The minimum Gasteiger partial charge on any atom is -0.354 e. The lowest BCUT2D eigenvalue weighted by molar-refractivity contribution is -0.126. The summed E-state index contributed by atoms with van der Waals surface area (Å²) in [7, 11) is 0. The van der Waals surface area contributed by atoms with Gasteiger partial charge in [0.05, 0.1) is 22.8 Å². The molecule has 2 aliphatic rings. The van der Waals surface area contributed by atoms with Crippen molar-refractivity contribution in [1.29, 1.82) is 0 Å². The van der Waals surface area contributed by atoms with Crippen molar-refractivity contribution in [2.24, 2.45) is 0 Å². The predicted octanol–water partition coefficient (Wildman–Crippen LogP) is 3.81. The molecule has 1 fully saturated rings. The number of rotatable bonds is 7. The molecule has 2 heterocycles. The van der Waals surface area contributed by atoms with Gasteiger partial charge in [0.25, 0.3) is 0 Å². The Bertz CT molecular complexity index is 820. The maximum atomic E-state index is 12.6. The molecule has 5 nitrogen and oxygen atoms in total. The smallest absolute Gasteiger partial charge is 0.237 e. The molecule has 1 N–H and O–H groups in total. The highest BCUT2D eigenvalue weighted by Crippen LogP contribution is 2.23. The van der Waals surface area contributed by atoms with E-state index in [1.54, 1.807) is 11.3 Å². The fraction of sp³-hybridized carbons (Fsp3) is 0.565. The first-order valence-corrected chi connectivity index (χ1v) is 11.8. The Kier molecular flexibility index (Phi) is 6.95. The Morgan fingerprint density at radius 2 is 2.03 bits per heavy atom. The van der Waals surface area contributed by atoms with Crippen molar-refractivity contribution >= 4 is 27.5 Å². The highest BCUT2D eigenvalue weighted by atomic mass is 32.1. The van der Waals surface area contributed by atoms with E-state index >= 15 is 0 Å². The number of piperazine rings is 1. The second-order valence-corrected chi connectivity index (χ2v) is 9.33. The zero-order valence-corrected chi connectivity index (χ0v) is 18.2. The molecule has 0 unspecified atom stereocenters. The van der Waals surface area contributed by atoms with Crippen molar-refractivity contribution < 1.29 is 4.79 Å². The molecular formula is C23H32N4OS. The van der Waals surface area contributed by atoms with Gasteiger partial charge in [-0.05, 0) is 51.2 Å². The van der Waals surface area contributed by atoms with Crippen molar-refractivity contribution in [2.75, 3.05) is 32.7 Å². The van der Waals surface area contributed by atoms with Crippen LogP contribution in [0.5, 0.6) is 0 Å². The van der Waals surface area contributed by atoms with Crippen LogP contribution in [0.15, 0.2) is 35.9 Å². The van der Waals surface area contributed by atoms with Crippen LogP contribution in [0.2, 0.25) is 0 Å². The zero-order valence-electron chi connectivity index (χ0n) is 17.4. The third-order valence-electron chi connectivity index (χ3n) is 6.16. The molecule has 29 heavy (non-hydrogen) atoms. The summed E-state index contributed by atoms with van der Waals surface area (Å²) in [6.45, 7) is 7.56. The second kappa shape index (κ2) is 9.83. The van der Waals surface area contributed by atoms with Crippen LogP contribution in [-0.2, 0) is 11.3 Å². The van der Waals surface area contributed by atoms with E-state index in [0.29, 0.717) is 0 Å². The van der Waals surface area contributed by atoms with E-state index in [0.717, 1.165) is 51.2 Å². The molecule has 0 bridgehead atoms. The van der Waals surface area contributed by atoms with Gasteiger partial charge < -0.3 is 5.32 Å². The van der Waals surface area contributed by atoms with Crippen LogP contribution >= 0.6 is 11.3 Å². The lowest BCUT2D eigenvalue weighted by atomic mass is 9.97. The number of hydrogen-bond acceptors (Lipinski definition) is 5. The number of allylic oxidation sites excluding steroid dienone is 1. The van der Waals surface area contributed by atoms with Gasteiger partial charge in [-0.3, -0.25) is 14.6 Å². The summed E-state index contributed by atoms with van der Waals surface area (Å²) in [5.74, 6) is 0.168. The van der Waals surface area contributed by atoms with Crippen molar-refractivity contribution in [3.8, 4) is 0 Å². The van der Waals surface area contributed by atoms with Crippen LogP contribution in [0.4, 0.5) is 0 Å². The van der Waals surface area contributed by atoms with Gasteiger partial charge in [0.2, 0.25) is 5.91 Å². The topological polar surface area (TPSA) is 48.5 Å². The van der Waals surface area contributed by atoms with Gasteiger partial charge in [-0.25, -0.2) is 4.98 Å². The van der Waals surface area contributed by atoms with Crippen molar-refractivity contribution in [1.82, 2.24) is 20.1 Å². The molecule has 4 rings (SSSR count). The highest BCUT2D eigenvalue weighted by molar-refractivity contribution is 7.18. The van der Waals surface area contributed by atoms with Crippen LogP contribution in [0.25, 0.3) is 10.2 Å². The number of hydrogen-bond donors (Lipinski definition) is 1. The Morgan fingerprint density at radius 3 is 2.79 bits per heavy atom. The zero-order chi connectivity index (χ0) is 20.1. The molecule has 1 atom stereocenters. The summed E-state index contributed by atoms with van der Waals surface area (Å²) in [5.41, 5.74) is 2.62. The van der Waals surface area contributed by atoms with Gasteiger partial charge in [-0.1, -0.05) is 23.8 Å². The standard InChI is InChI=1S/C23H32N4OS/c1-18(23(28)24-12-11-19-7-3-2-4-8-19)27-15-13-26(14-16-27)17-22-25-20-9-5-6-10-21(20)29-22/h5-7,9-10,18H,2-4,8,11-17H2,1H3,(H,24,28)/t18-/m0/s1. The van der Waals surface area contributed by atoms with Crippen molar-refractivity contribution in [3.05, 3.63) is 40.9 Å². The molecule has 0 spiro atoms. The van der Waals surface area contributed by atoms with Gasteiger partial charge >= 0.3 is 0 Å². The monoisotopic (exact) mass is 412 g/mol. The lowest BCUT2D eigenvalue weighted by Gasteiger charge is -2.37. The molecule has 1 aliphatic carbocycles. The van der Waals surface area contributed by atoms with E-state index in [9.17, 15) is 4.79 Å². The molecule has 0 radical (unpaired) electrons. The van der Waals surface area contributed by atoms with E-state index in [-0.39, 0.29) is 11.9 Å². The average molecular weight is 413 g/mol. The molecule has 1 aliphatic heterocycles. The lowest BCUT2D eigenvalue weighted by Crippen LogP contribution is -2.53. The van der Waals surface area contributed by atoms with Crippen LogP contribution in [-0.4, -0.2) is 59.5 Å². The Hall–Kier alpha value is -1.76. The molecule has 1 saturated heterocycles. The maximum Gasteiger partial charge on any atom is 0.237 e. The molecule has 6 heteroatoms. The summed E-state index contributed by atoms with van der Waals surface area (Å²) in [4.78, 5) is 22.1. The van der Waals surface area contributed by atoms with Gasteiger partial charge in [-0.2, -0.15) is 0 Å². The van der Waals surface area contributed by atoms with Gasteiger partial charge in [0.15, 0.2) is 0 Å². The van der Waals surface area contributed by atoms with Crippen LogP contribution in [0, 0.1) is 0 Å². The van der Waals surface area contributed by atoms with E-state index in [1.807, 2.05) is 13.0 Å². The third kappa shape index (κ3) is 5.44. The minimum atomic E-state index is -0.0556. The summed E-state index contributed by atoms with van der Waals surface area (Å²) >= 11 is 1.79. The quantitative estimate of drug-likeness (QED) is 0.703. The summed E-state index contributed by atoms with van der Waals surface area (Å²) in [6.07, 6.45) is 8.41. The number of amides is 1. The largest absolute Gasteiger partial charge is 0.354 e. The third-order valence-corrected chi connectivity index (χ3v) is 7.18. The highest BCUT2D eigenvalue weighted by Gasteiger charge is 2.25. The van der Waals surface area contributed by atoms with Crippen LogP contribution < -0.4 is 5.32 Å². The van der Waals surface area contributed by atoms with E-state index in [1.165, 1.54) is 41.0 Å². The average Bonchev–Trinajstić information content (AvgIpc) is 3.17. The maximum absolute atomic E-state index is 12.6. The first-order valence-electron chi connectivity index (χ1n) is 11.0. The minimum absolute atomic E-state index is 0.0556. The van der Waals surface area contributed by atoms with Gasteiger partial charge in [0.1, 0.15) is 5.01 Å². The van der Waals surface area contributed by atoms with E-state index in [2.05, 4.69) is 39.4 Å². The van der Waals surface area contributed by atoms with Crippen molar-refractivity contribution in [3.63, 3.8) is 0 Å². The SMILES string of the molecule is C[C@@H](C(=O)NCCC1=CCCCC1)N1CCN(Cc2nc3ccccc3s2)CC1. The number of carbonyl (C=O) groups is 1. The fourth-order valence-electron chi connectivity index (χ4n) is 4.28. The van der Waals surface area contributed by atoms with Crippen LogP contribution in [0.3, 0.4) is 0 Å². The molecule has 1 aromatic carbocycles. The molecular weight excluding hydrogens is 380 g/mol. The Morgan fingerprint density at radius 1 is 1.21 bits per heavy atom. The predicted molar refractivity (Wildman–Crippen MR) is 120 cm³/mol. The summed E-state index contributed by atoms with van der Waals surface area (Å²) < 4.78 is 1.26. The number of aromatic nitrogens is 1. The summed E-state index contributed by atoms with van der Waals surface area (Å²) in [5, 5.41) is 4.33. The second-order valence-electron chi connectivity index (χ2n) is 8.21. The Balaban J connectivity index is 1.20. The number of carbonyl (C=O) groups excluding carboxylic acids is 1. The number of thiazole rings is 1. The van der Waals surface area contributed by atoms with Gasteiger partial charge in [-0.15, -0.1) is 11.3 Å². The summed E-state index contributed by atoms with van der Waals surface area (Å²) in [6, 6.07) is 8.28. The van der Waals surface area contributed by atoms with Crippen molar-refractivity contribution in [2.45, 2.75) is 51.6 Å². The first-order chi connectivity index (χ1) is 14.2. The molecule has 1 aromatic heterocycles. The normalized spacial score (nSPS) is 19.8. The number of nitrogens with zero attached hydrogens (tertiary/aromatic N) is 3. The Labute approximate surface area is 177 Å².